The molecule has 0 aliphatic carbocycles. The molecule has 0 aromatic heterocycles. The average Bonchev–Trinajstić information content (AvgIpc) is 2.24. The normalized spacial score (nSPS) is 11.7. The maximum Gasteiger partial charge on any atom is 0.128 e. The van der Waals surface area contributed by atoms with Gasteiger partial charge in [-0.2, -0.15) is 0 Å². The smallest absolute Gasteiger partial charge is 0.128 e. The largest absolute Gasteiger partial charge is 0.271 e. The molecule has 1 aromatic carbocycles. The van der Waals surface area contributed by atoms with Gasteiger partial charge in [0.25, 0.3) is 0 Å². The van der Waals surface area contributed by atoms with Gasteiger partial charge in [0.05, 0.1) is 6.04 Å². The molecule has 3 N–H and O–H groups in total. The second-order valence-corrected chi connectivity index (χ2v) is 3.45. The van der Waals surface area contributed by atoms with Gasteiger partial charge in [0, 0.05) is 17.0 Å². The molecule has 0 heterocycles. The summed E-state index contributed by atoms with van der Waals surface area (Å²) in [6.07, 6.45) is 0.449. The van der Waals surface area contributed by atoms with Crippen LogP contribution in [0, 0.1) is 17.7 Å². The van der Waals surface area contributed by atoms with Crippen LogP contribution in [0.2, 0.25) is 5.02 Å². The molecule has 0 aliphatic rings. The van der Waals surface area contributed by atoms with Gasteiger partial charge in [0.2, 0.25) is 0 Å². The quantitative estimate of drug-likeness (QED) is 0.472. The molecule has 15 heavy (non-hydrogen) atoms. The van der Waals surface area contributed by atoms with Gasteiger partial charge in [-0.3, -0.25) is 11.3 Å². The Bertz CT molecular complexity index is 395. The van der Waals surface area contributed by atoms with Crippen molar-refractivity contribution in [3.63, 3.8) is 0 Å². The van der Waals surface area contributed by atoms with Gasteiger partial charge in [-0.15, -0.1) is 11.8 Å². The van der Waals surface area contributed by atoms with E-state index < -0.39 is 0 Å². The van der Waals surface area contributed by atoms with Crippen molar-refractivity contribution < 1.29 is 4.39 Å². The number of hydrazine groups is 1. The van der Waals surface area contributed by atoms with Crippen molar-refractivity contribution in [2.45, 2.75) is 19.4 Å². The van der Waals surface area contributed by atoms with Crippen LogP contribution < -0.4 is 11.3 Å². The van der Waals surface area contributed by atoms with Crippen molar-refractivity contribution >= 4 is 11.6 Å². The van der Waals surface area contributed by atoms with E-state index in [2.05, 4.69) is 17.3 Å². The minimum atomic E-state index is -0.337. The molecule has 0 saturated heterocycles. The molecule has 0 spiro atoms. The van der Waals surface area contributed by atoms with E-state index in [1.165, 1.54) is 12.1 Å². The van der Waals surface area contributed by atoms with Crippen LogP contribution in [0.15, 0.2) is 18.2 Å². The third kappa shape index (κ3) is 3.21. The van der Waals surface area contributed by atoms with Crippen LogP contribution in [0.3, 0.4) is 0 Å². The average molecular weight is 227 g/mol. The SMILES string of the molecule is CC#CCC(NN)c1cc(Cl)ccc1F. The van der Waals surface area contributed by atoms with Crippen LogP contribution in [0.1, 0.15) is 24.9 Å². The summed E-state index contributed by atoms with van der Waals surface area (Å²) in [4.78, 5) is 0. The van der Waals surface area contributed by atoms with E-state index in [1.54, 1.807) is 13.0 Å². The topological polar surface area (TPSA) is 38.0 Å². The van der Waals surface area contributed by atoms with Gasteiger partial charge < -0.3 is 0 Å². The Morgan fingerprint density at radius 3 is 2.93 bits per heavy atom. The van der Waals surface area contributed by atoms with E-state index in [0.29, 0.717) is 17.0 Å². The fourth-order valence-corrected chi connectivity index (χ4v) is 1.42. The molecule has 0 amide bonds. The van der Waals surface area contributed by atoms with Crippen LogP contribution in [0.25, 0.3) is 0 Å². The Balaban J connectivity index is 2.98. The zero-order valence-corrected chi connectivity index (χ0v) is 9.11. The first-order chi connectivity index (χ1) is 7.19. The fourth-order valence-electron chi connectivity index (χ4n) is 1.24. The second kappa shape index (κ2) is 5.72. The van der Waals surface area contributed by atoms with Crippen molar-refractivity contribution in [2.75, 3.05) is 0 Å². The third-order valence-corrected chi connectivity index (χ3v) is 2.25. The Hall–Kier alpha value is -1.08. The summed E-state index contributed by atoms with van der Waals surface area (Å²) >= 11 is 5.78. The Morgan fingerprint density at radius 1 is 1.60 bits per heavy atom. The van der Waals surface area contributed by atoms with Crippen LogP contribution >= 0.6 is 11.6 Å². The predicted octanol–water partition coefficient (Wildman–Crippen LogP) is 2.40. The molecule has 4 heteroatoms. The summed E-state index contributed by atoms with van der Waals surface area (Å²) in [6.45, 7) is 1.72. The standard InChI is InChI=1S/C11H12ClFN2/c1-2-3-4-11(15-14)9-7-8(12)5-6-10(9)13/h5-7,11,15H,4,14H2,1H3. The van der Waals surface area contributed by atoms with E-state index >= 15 is 0 Å². The molecule has 0 bridgehead atoms. The first kappa shape index (κ1) is 12.0. The maximum atomic E-state index is 13.4. The molecular weight excluding hydrogens is 215 g/mol. The molecule has 1 unspecified atom stereocenters. The lowest BCUT2D eigenvalue weighted by molar-refractivity contribution is 0.521. The first-order valence-corrected chi connectivity index (χ1v) is 4.87. The summed E-state index contributed by atoms with van der Waals surface area (Å²) in [5, 5.41) is 0.483. The lowest BCUT2D eigenvalue weighted by atomic mass is 10.0. The molecule has 2 nitrogen and oxygen atoms in total. The minimum absolute atomic E-state index is 0.333. The highest BCUT2D eigenvalue weighted by Crippen LogP contribution is 2.22. The minimum Gasteiger partial charge on any atom is -0.271 e. The van der Waals surface area contributed by atoms with Crippen molar-refractivity contribution in [1.82, 2.24) is 5.43 Å². The molecular formula is C11H12ClFN2. The van der Waals surface area contributed by atoms with Gasteiger partial charge in [0.15, 0.2) is 0 Å². The monoisotopic (exact) mass is 226 g/mol. The van der Waals surface area contributed by atoms with Crippen molar-refractivity contribution in [2.24, 2.45) is 5.84 Å². The second-order valence-electron chi connectivity index (χ2n) is 3.02. The summed E-state index contributed by atoms with van der Waals surface area (Å²) in [6, 6.07) is 4.04. The van der Waals surface area contributed by atoms with Crippen molar-refractivity contribution in [3.05, 3.63) is 34.6 Å². The molecule has 80 valence electrons. The highest BCUT2D eigenvalue weighted by molar-refractivity contribution is 6.30. The molecule has 1 aromatic rings. The summed E-state index contributed by atoms with van der Waals surface area (Å²) in [5.41, 5.74) is 2.96. The number of rotatable bonds is 3. The highest BCUT2D eigenvalue weighted by atomic mass is 35.5. The van der Waals surface area contributed by atoms with Gasteiger partial charge >= 0.3 is 0 Å². The summed E-state index contributed by atoms with van der Waals surface area (Å²) < 4.78 is 13.4. The van der Waals surface area contributed by atoms with Gasteiger partial charge in [-0.05, 0) is 25.1 Å². The lowest BCUT2D eigenvalue weighted by Crippen LogP contribution is -2.28. The Kier molecular flexibility index (Phi) is 4.57. The summed E-state index contributed by atoms with van der Waals surface area (Å²) in [7, 11) is 0. The molecule has 1 atom stereocenters. The number of nitrogens with two attached hydrogens (primary N) is 1. The third-order valence-electron chi connectivity index (χ3n) is 2.02. The van der Waals surface area contributed by atoms with Crippen molar-refractivity contribution in [3.8, 4) is 11.8 Å². The maximum absolute atomic E-state index is 13.4. The van der Waals surface area contributed by atoms with E-state index in [9.17, 15) is 4.39 Å². The number of hydrogen-bond donors (Lipinski definition) is 2. The molecule has 1 rings (SSSR count). The van der Waals surface area contributed by atoms with Gasteiger partial charge in [-0.1, -0.05) is 11.6 Å². The Morgan fingerprint density at radius 2 is 2.33 bits per heavy atom. The van der Waals surface area contributed by atoms with Crippen LogP contribution in [0.4, 0.5) is 4.39 Å². The van der Waals surface area contributed by atoms with Gasteiger partial charge in [-0.25, -0.2) is 4.39 Å². The van der Waals surface area contributed by atoms with Crippen LogP contribution in [-0.4, -0.2) is 0 Å². The summed E-state index contributed by atoms with van der Waals surface area (Å²) in [5.74, 6) is 10.6. The molecule has 0 radical (unpaired) electrons. The fraction of sp³-hybridized carbons (Fsp3) is 0.273. The first-order valence-electron chi connectivity index (χ1n) is 4.49. The zero-order chi connectivity index (χ0) is 11.3. The van der Waals surface area contributed by atoms with E-state index in [-0.39, 0.29) is 11.9 Å². The number of hydrogen-bond acceptors (Lipinski definition) is 2. The molecule has 0 fully saturated rings. The number of benzene rings is 1. The highest BCUT2D eigenvalue weighted by Gasteiger charge is 2.13. The van der Waals surface area contributed by atoms with E-state index in [0.717, 1.165) is 0 Å². The number of nitrogens with one attached hydrogen (secondary N) is 1. The predicted molar refractivity (Wildman–Crippen MR) is 59.5 cm³/mol. The van der Waals surface area contributed by atoms with Gasteiger partial charge in [0.1, 0.15) is 5.82 Å². The molecule has 0 saturated carbocycles. The van der Waals surface area contributed by atoms with Crippen LogP contribution in [0.5, 0.6) is 0 Å². The molecule has 0 aliphatic heterocycles. The van der Waals surface area contributed by atoms with E-state index in [1.807, 2.05) is 0 Å². The number of halogens is 2. The zero-order valence-electron chi connectivity index (χ0n) is 8.35. The van der Waals surface area contributed by atoms with E-state index in [4.69, 9.17) is 17.4 Å². The lowest BCUT2D eigenvalue weighted by Gasteiger charge is -2.14. The Labute approximate surface area is 93.6 Å². The van der Waals surface area contributed by atoms with Crippen molar-refractivity contribution in [1.29, 1.82) is 0 Å². The van der Waals surface area contributed by atoms with Crippen LogP contribution in [-0.2, 0) is 0 Å².